The van der Waals surface area contributed by atoms with Gasteiger partial charge in [-0.05, 0) is 22.6 Å². The van der Waals surface area contributed by atoms with Gasteiger partial charge in [-0.15, -0.1) is 0 Å². The van der Waals surface area contributed by atoms with Crippen LogP contribution in [0.15, 0.2) is 12.1 Å². The summed E-state index contributed by atoms with van der Waals surface area (Å²) in [7, 11) is 1.47. The second-order valence-electron chi connectivity index (χ2n) is 5.72. The first kappa shape index (κ1) is 19.5. The van der Waals surface area contributed by atoms with Crippen molar-refractivity contribution >= 4 is 17.9 Å². The van der Waals surface area contributed by atoms with Crippen molar-refractivity contribution in [3.63, 3.8) is 0 Å². The molecule has 0 aliphatic carbocycles. The Bertz CT molecular complexity index is 886. The molecule has 3 rings (SSSR count). The molecule has 1 fully saturated rings. The minimum atomic E-state index is -4.69. The smallest absolute Gasteiger partial charge is 0.433 e. The largest absolute Gasteiger partial charge is 0.447 e. The van der Waals surface area contributed by atoms with Crippen LogP contribution in [-0.4, -0.2) is 56.4 Å². The normalized spacial score (nSPS) is 16.6. The Morgan fingerprint density at radius 1 is 1.46 bits per heavy atom. The highest BCUT2D eigenvalue weighted by Crippen LogP contribution is 2.28. The average Bonchev–Trinajstić information content (AvgIpc) is 3.22. The molecule has 0 radical (unpaired) electrons. The van der Waals surface area contributed by atoms with E-state index in [9.17, 15) is 22.8 Å². The molecule has 150 valence electrons. The third-order valence-corrected chi connectivity index (χ3v) is 3.65. The Balaban J connectivity index is 1.76. The maximum atomic E-state index is 13.0. The first-order valence-corrected chi connectivity index (χ1v) is 7.86. The van der Waals surface area contributed by atoms with Crippen molar-refractivity contribution in [2.45, 2.75) is 18.8 Å². The van der Waals surface area contributed by atoms with Gasteiger partial charge in [0, 0.05) is 7.05 Å². The fourth-order valence-corrected chi connectivity index (χ4v) is 2.29. The Labute approximate surface area is 155 Å². The van der Waals surface area contributed by atoms with Crippen LogP contribution in [0, 0.1) is 0 Å². The Morgan fingerprint density at radius 2 is 2.25 bits per heavy atom. The number of hydrogen-bond donors (Lipinski definition) is 2. The predicted molar refractivity (Wildman–Crippen MR) is 83.9 cm³/mol. The predicted octanol–water partition coefficient (Wildman–Crippen LogP) is 0.501. The van der Waals surface area contributed by atoms with Gasteiger partial charge in [0.25, 0.3) is 5.91 Å². The standard InChI is InChI=1S/C14H14F3N7O4/c1-24-12(21-22-23-24)20-11(25)8-2-3-10(14(15,16)17)19-9(8)6-27-4-7-5-28-13(26)18-7/h2-3,7H,4-6H2,1H3,(H,18,26)(H,20,21,23,25). The number of aromatic nitrogens is 5. The van der Waals surface area contributed by atoms with Crippen molar-refractivity contribution in [3.05, 3.63) is 29.1 Å². The summed E-state index contributed by atoms with van der Waals surface area (Å²) < 4.78 is 50.1. The molecule has 1 unspecified atom stereocenters. The van der Waals surface area contributed by atoms with Crippen molar-refractivity contribution in [2.24, 2.45) is 7.05 Å². The average molecular weight is 401 g/mol. The maximum Gasteiger partial charge on any atom is 0.433 e. The van der Waals surface area contributed by atoms with Gasteiger partial charge in [-0.3, -0.25) is 10.1 Å². The molecule has 28 heavy (non-hydrogen) atoms. The summed E-state index contributed by atoms with van der Waals surface area (Å²) in [4.78, 5) is 26.9. The molecule has 0 saturated carbocycles. The fourth-order valence-electron chi connectivity index (χ4n) is 2.29. The van der Waals surface area contributed by atoms with Crippen molar-refractivity contribution in [3.8, 4) is 0 Å². The van der Waals surface area contributed by atoms with E-state index in [4.69, 9.17) is 4.74 Å². The van der Waals surface area contributed by atoms with Crippen LogP contribution in [0.2, 0.25) is 0 Å². The number of pyridine rings is 1. The number of halogens is 3. The van der Waals surface area contributed by atoms with E-state index in [0.717, 1.165) is 6.07 Å². The fraction of sp³-hybridized carbons (Fsp3) is 0.429. The molecular weight excluding hydrogens is 387 g/mol. The molecule has 14 heteroatoms. The van der Waals surface area contributed by atoms with E-state index in [-0.39, 0.29) is 30.4 Å². The summed E-state index contributed by atoms with van der Waals surface area (Å²) in [5.74, 6) is -0.752. The van der Waals surface area contributed by atoms with Gasteiger partial charge < -0.3 is 14.8 Å². The van der Waals surface area contributed by atoms with Crippen molar-refractivity contribution in [1.29, 1.82) is 0 Å². The van der Waals surface area contributed by atoms with Crippen LogP contribution < -0.4 is 10.6 Å². The van der Waals surface area contributed by atoms with Gasteiger partial charge in [0.05, 0.1) is 30.5 Å². The minimum absolute atomic E-state index is 0.00239. The Kier molecular flexibility index (Phi) is 5.39. The Morgan fingerprint density at radius 3 is 2.86 bits per heavy atom. The van der Waals surface area contributed by atoms with Gasteiger partial charge in [-0.25, -0.2) is 14.5 Å². The number of nitrogens with one attached hydrogen (secondary N) is 2. The number of rotatable bonds is 6. The zero-order valence-electron chi connectivity index (χ0n) is 14.4. The third-order valence-electron chi connectivity index (χ3n) is 3.65. The van der Waals surface area contributed by atoms with E-state index < -0.39 is 36.5 Å². The van der Waals surface area contributed by atoms with E-state index in [0.29, 0.717) is 6.07 Å². The molecule has 0 bridgehead atoms. The number of anilines is 1. The number of cyclic esters (lactones) is 1. The second-order valence-corrected chi connectivity index (χ2v) is 5.72. The summed E-state index contributed by atoms with van der Waals surface area (Å²) in [5, 5.41) is 15.3. The number of alkyl carbamates (subject to hydrolysis) is 1. The SMILES string of the molecule is Cn1nnnc1NC(=O)c1ccc(C(F)(F)F)nc1COCC1COC(=O)N1. The Hall–Kier alpha value is -3.29. The van der Waals surface area contributed by atoms with E-state index in [1.165, 1.54) is 11.7 Å². The topological polar surface area (TPSA) is 133 Å². The van der Waals surface area contributed by atoms with Gasteiger partial charge in [0.15, 0.2) is 0 Å². The number of ether oxygens (including phenoxy) is 2. The van der Waals surface area contributed by atoms with E-state index >= 15 is 0 Å². The van der Waals surface area contributed by atoms with E-state index in [1.807, 2.05) is 0 Å². The molecule has 0 spiro atoms. The molecule has 2 aromatic rings. The molecule has 0 aromatic carbocycles. The third kappa shape index (κ3) is 4.51. The molecule has 11 nitrogen and oxygen atoms in total. The number of carbonyl (C=O) groups is 2. The van der Waals surface area contributed by atoms with Crippen LogP contribution in [0.4, 0.5) is 23.9 Å². The van der Waals surface area contributed by atoms with Gasteiger partial charge in [0.2, 0.25) is 5.95 Å². The van der Waals surface area contributed by atoms with E-state index in [2.05, 4.69) is 35.9 Å². The summed E-state index contributed by atoms with van der Waals surface area (Å²) in [6.07, 6.45) is -5.30. The second kappa shape index (κ2) is 7.75. The van der Waals surface area contributed by atoms with Crippen LogP contribution in [0.1, 0.15) is 21.7 Å². The highest BCUT2D eigenvalue weighted by atomic mass is 19.4. The number of alkyl halides is 3. The molecule has 1 saturated heterocycles. The number of aryl methyl sites for hydroxylation is 1. The van der Waals surface area contributed by atoms with Crippen LogP contribution >= 0.6 is 0 Å². The van der Waals surface area contributed by atoms with Gasteiger partial charge in [0.1, 0.15) is 12.3 Å². The molecule has 1 aliphatic rings. The zero-order valence-corrected chi connectivity index (χ0v) is 14.4. The highest BCUT2D eigenvalue weighted by Gasteiger charge is 2.33. The van der Waals surface area contributed by atoms with Crippen molar-refractivity contribution in [1.82, 2.24) is 30.5 Å². The molecule has 2 amide bonds. The lowest BCUT2D eigenvalue weighted by Gasteiger charge is -2.14. The molecule has 2 aromatic heterocycles. The lowest BCUT2D eigenvalue weighted by atomic mass is 10.1. The molecule has 1 aliphatic heterocycles. The summed E-state index contributed by atoms with van der Waals surface area (Å²) in [6.45, 7) is -0.352. The number of carbonyl (C=O) groups excluding carboxylic acids is 2. The lowest BCUT2D eigenvalue weighted by Crippen LogP contribution is -2.31. The van der Waals surface area contributed by atoms with Crippen molar-refractivity contribution < 1.29 is 32.2 Å². The lowest BCUT2D eigenvalue weighted by molar-refractivity contribution is -0.141. The first-order valence-electron chi connectivity index (χ1n) is 7.86. The number of amides is 2. The minimum Gasteiger partial charge on any atom is -0.447 e. The van der Waals surface area contributed by atoms with Gasteiger partial charge >= 0.3 is 12.3 Å². The first-order chi connectivity index (χ1) is 13.2. The number of tetrazole rings is 1. The van der Waals surface area contributed by atoms with E-state index in [1.54, 1.807) is 0 Å². The molecule has 3 heterocycles. The summed E-state index contributed by atoms with van der Waals surface area (Å²) in [5.41, 5.74) is -1.53. The number of nitrogens with zero attached hydrogens (tertiary/aromatic N) is 5. The number of hydrogen-bond acceptors (Lipinski definition) is 8. The van der Waals surface area contributed by atoms with Crippen LogP contribution in [-0.2, 0) is 29.3 Å². The zero-order chi connectivity index (χ0) is 20.3. The van der Waals surface area contributed by atoms with Crippen LogP contribution in [0.5, 0.6) is 0 Å². The highest BCUT2D eigenvalue weighted by molar-refractivity contribution is 6.04. The summed E-state index contributed by atoms with van der Waals surface area (Å²) >= 11 is 0. The van der Waals surface area contributed by atoms with Crippen LogP contribution in [0.3, 0.4) is 0 Å². The maximum absolute atomic E-state index is 13.0. The van der Waals surface area contributed by atoms with Gasteiger partial charge in [-0.1, -0.05) is 5.10 Å². The molecule has 1 atom stereocenters. The molecular formula is C14H14F3N7O4. The quantitative estimate of drug-likeness (QED) is 0.715. The summed E-state index contributed by atoms with van der Waals surface area (Å²) in [6, 6.07) is 1.24. The van der Waals surface area contributed by atoms with Crippen molar-refractivity contribution in [2.75, 3.05) is 18.5 Å². The van der Waals surface area contributed by atoms with Gasteiger partial charge in [-0.2, -0.15) is 13.2 Å². The molecule has 2 N–H and O–H groups in total. The monoisotopic (exact) mass is 401 g/mol. The van der Waals surface area contributed by atoms with Crippen LogP contribution in [0.25, 0.3) is 0 Å².